The molecule has 2 aromatic carbocycles. The first kappa shape index (κ1) is 19.8. The summed E-state index contributed by atoms with van der Waals surface area (Å²) < 4.78 is 18.3. The highest BCUT2D eigenvalue weighted by Crippen LogP contribution is 2.45. The third kappa shape index (κ3) is 3.36. The molecule has 0 fully saturated rings. The Labute approximate surface area is 175 Å². The van der Waals surface area contributed by atoms with Gasteiger partial charge in [-0.1, -0.05) is 19.1 Å². The van der Waals surface area contributed by atoms with Crippen molar-refractivity contribution in [3.05, 3.63) is 59.3 Å². The molecule has 0 spiro atoms. The molecule has 30 heavy (non-hydrogen) atoms. The zero-order valence-corrected chi connectivity index (χ0v) is 17.6. The van der Waals surface area contributed by atoms with E-state index < -0.39 is 0 Å². The number of carbonyl (C=O) groups is 1. The van der Waals surface area contributed by atoms with Crippen molar-refractivity contribution in [3.8, 4) is 22.9 Å². The van der Waals surface area contributed by atoms with Crippen LogP contribution in [-0.2, 0) is 11.2 Å². The average molecular weight is 407 g/mol. The minimum absolute atomic E-state index is 0.0715. The summed E-state index contributed by atoms with van der Waals surface area (Å²) in [7, 11) is 4.78. The van der Waals surface area contributed by atoms with Crippen LogP contribution < -0.4 is 19.5 Å². The van der Waals surface area contributed by atoms with Gasteiger partial charge >= 0.3 is 0 Å². The lowest BCUT2D eigenvalue weighted by Gasteiger charge is -2.26. The Morgan fingerprint density at radius 1 is 1.03 bits per heavy atom. The molecule has 1 atom stereocenters. The van der Waals surface area contributed by atoms with E-state index in [4.69, 9.17) is 14.2 Å². The van der Waals surface area contributed by atoms with Gasteiger partial charge < -0.3 is 19.5 Å². The number of nitrogens with one attached hydrogen (secondary N) is 1. The summed E-state index contributed by atoms with van der Waals surface area (Å²) in [6, 6.07) is 11.8. The van der Waals surface area contributed by atoms with Crippen molar-refractivity contribution in [2.45, 2.75) is 25.7 Å². The molecule has 0 saturated heterocycles. The highest BCUT2D eigenvalue weighted by Gasteiger charge is 2.33. The summed E-state index contributed by atoms with van der Waals surface area (Å²) in [4.78, 5) is 12.6. The van der Waals surface area contributed by atoms with Crippen molar-refractivity contribution >= 4 is 11.7 Å². The van der Waals surface area contributed by atoms with Crippen molar-refractivity contribution in [1.29, 1.82) is 0 Å². The molecule has 7 heteroatoms. The van der Waals surface area contributed by atoms with Gasteiger partial charge in [0.05, 0.1) is 33.2 Å². The molecule has 1 N–H and O–H groups in total. The number of methoxy groups -OCH3 is 3. The Hall–Kier alpha value is -3.48. The summed E-state index contributed by atoms with van der Waals surface area (Å²) in [6.07, 6.45) is 3.03. The van der Waals surface area contributed by atoms with E-state index in [1.54, 1.807) is 32.1 Å². The Morgan fingerprint density at radius 2 is 1.77 bits per heavy atom. The lowest BCUT2D eigenvalue weighted by Crippen LogP contribution is -2.25. The molecule has 7 nitrogen and oxygen atoms in total. The van der Waals surface area contributed by atoms with Crippen LogP contribution in [0.2, 0.25) is 0 Å². The van der Waals surface area contributed by atoms with Crippen LogP contribution in [0, 0.1) is 0 Å². The van der Waals surface area contributed by atoms with Crippen molar-refractivity contribution in [2.75, 3.05) is 26.6 Å². The van der Waals surface area contributed by atoms with Crippen LogP contribution in [0.5, 0.6) is 17.2 Å². The second-order valence-corrected chi connectivity index (χ2v) is 7.14. The van der Waals surface area contributed by atoms with E-state index in [0.29, 0.717) is 29.5 Å². The van der Waals surface area contributed by atoms with E-state index in [2.05, 4.69) is 29.5 Å². The number of ether oxygens (including phenoxy) is 3. The monoisotopic (exact) mass is 407 g/mol. The molecular weight excluding hydrogens is 382 g/mol. The molecule has 1 amide bonds. The van der Waals surface area contributed by atoms with E-state index in [0.717, 1.165) is 23.2 Å². The highest BCUT2D eigenvalue weighted by molar-refractivity contribution is 5.95. The standard InChI is InChI=1S/C23H25N3O4/c1-5-14-7-6-8-15(9-14)26-23-18(13-24-26)16(11-22(27)25-23)17-10-20(29-3)21(30-4)12-19(17)28-2/h6-10,12-13,16H,5,11H2,1-4H3,(H,25,27). The predicted molar refractivity (Wildman–Crippen MR) is 114 cm³/mol. The first-order valence-electron chi connectivity index (χ1n) is 9.86. The molecule has 3 aromatic rings. The van der Waals surface area contributed by atoms with E-state index in [9.17, 15) is 4.79 Å². The molecule has 0 bridgehead atoms. The third-order valence-corrected chi connectivity index (χ3v) is 5.49. The summed E-state index contributed by atoms with van der Waals surface area (Å²) in [5, 5.41) is 7.59. The number of aryl methyl sites for hydroxylation is 1. The Kier molecular flexibility index (Phi) is 5.35. The van der Waals surface area contributed by atoms with Gasteiger partial charge in [-0.15, -0.1) is 0 Å². The molecule has 0 aliphatic carbocycles. The number of benzene rings is 2. The molecule has 1 unspecified atom stereocenters. The SMILES string of the molecule is CCc1cccc(-n2ncc3c2NC(=O)CC3c2cc(OC)c(OC)cc2OC)c1. The zero-order valence-electron chi connectivity index (χ0n) is 17.6. The number of carbonyl (C=O) groups excluding carboxylic acids is 1. The van der Waals surface area contributed by atoms with E-state index in [-0.39, 0.29) is 11.8 Å². The summed E-state index contributed by atoms with van der Waals surface area (Å²) in [5.41, 5.74) is 3.91. The van der Waals surface area contributed by atoms with Gasteiger partial charge in [-0.25, -0.2) is 4.68 Å². The number of rotatable bonds is 6. The van der Waals surface area contributed by atoms with Gasteiger partial charge in [0.15, 0.2) is 11.5 Å². The zero-order chi connectivity index (χ0) is 21.3. The molecule has 1 aliphatic heterocycles. The number of fused-ring (bicyclic) bond motifs is 1. The molecule has 4 rings (SSSR count). The van der Waals surface area contributed by atoms with Gasteiger partial charge in [0.25, 0.3) is 0 Å². The van der Waals surface area contributed by atoms with Crippen molar-refractivity contribution in [3.63, 3.8) is 0 Å². The number of amides is 1. The normalized spacial score (nSPS) is 15.3. The van der Waals surface area contributed by atoms with Gasteiger partial charge in [0.2, 0.25) is 5.91 Å². The molecule has 2 heterocycles. The van der Waals surface area contributed by atoms with Crippen LogP contribution in [0.3, 0.4) is 0 Å². The van der Waals surface area contributed by atoms with Crippen molar-refractivity contribution in [1.82, 2.24) is 9.78 Å². The number of hydrogen-bond acceptors (Lipinski definition) is 5. The molecule has 0 radical (unpaired) electrons. The van der Waals surface area contributed by atoms with Gasteiger partial charge in [-0.3, -0.25) is 4.79 Å². The maximum absolute atomic E-state index is 12.6. The molecule has 1 aliphatic rings. The summed E-state index contributed by atoms with van der Waals surface area (Å²) in [5.74, 6) is 2.19. The topological polar surface area (TPSA) is 74.6 Å². The first-order valence-corrected chi connectivity index (χ1v) is 9.86. The van der Waals surface area contributed by atoms with Gasteiger partial charge in [0, 0.05) is 29.5 Å². The summed E-state index contributed by atoms with van der Waals surface area (Å²) in [6.45, 7) is 2.11. The van der Waals surface area contributed by atoms with Gasteiger partial charge in [-0.2, -0.15) is 5.10 Å². The third-order valence-electron chi connectivity index (χ3n) is 5.49. The number of anilines is 1. The van der Waals surface area contributed by atoms with Gasteiger partial charge in [-0.05, 0) is 30.2 Å². The first-order chi connectivity index (χ1) is 14.6. The quantitative estimate of drug-likeness (QED) is 0.670. The van der Waals surface area contributed by atoms with E-state index >= 15 is 0 Å². The van der Waals surface area contributed by atoms with Crippen LogP contribution in [0.15, 0.2) is 42.6 Å². The minimum atomic E-state index is -0.216. The predicted octanol–water partition coefficient (Wildman–Crippen LogP) is 3.93. The van der Waals surface area contributed by atoms with Crippen LogP contribution >= 0.6 is 0 Å². The maximum atomic E-state index is 12.6. The Balaban J connectivity index is 1.84. The number of hydrogen-bond donors (Lipinski definition) is 1. The molecule has 1 aromatic heterocycles. The van der Waals surface area contributed by atoms with Crippen LogP contribution in [0.1, 0.15) is 36.0 Å². The minimum Gasteiger partial charge on any atom is -0.496 e. The number of nitrogens with zero attached hydrogens (tertiary/aromatic N) is 2. The summed E-state index contributed by atoms with van der Waals surface area (Å²) >= 11 is 0. The lowest BCUT2D eigenvalue weighted by molar-refractivity contribution is -0.116. The Bertz CT molecular complexity index is 1090. The molecule has 156 valence electrons. The highest BCUT2D eigenvalue weighted by atomic mass is 16.5. The fraction of sp³-hybridized carbons (Fsp3) is 0.304. The lowest BCUT2D eigenvalue weighted by atomic mass is 9.86. The van der Waals surface area contributed by atoms with Crippen LogP contribution in [-0.4, -0.2) is 37.0 Å². The van der Waals surface area contributed by atoms with Crippen LogP contribution in [0.25, 0.3) is 5.69 Å². The largest absolute Gasteiger partial charge is 0.496 e. The molecule has 0 saturated carbocycles. The fourth-order valence-electron chi connectivity index (χ4n) is 3.93. The van der Waals surface area contributed by atoms with Gasteiger partial charge in [0.1, 0.15) is 11.6 Å². The average Bonchev–Trinajstić information content (AvgIpc) is 3.21. The Morgan fingerprint density at radius 3 is 2.47 bits per heavy atom. The maximum Gasteiger partial charge on any atom is 0.226 e. The van der Waals surface area contributed by atoms with E-state index in [1.807, 2.05) is 24.4 Å². The van der Waals surface area contributed by atoms with Crippen molar-refractivity contribution < 1.29 is 19.0 Å². The van der Waals surface area contributed by atoms with Crippen LogP contribution in [0.4, 0.5) is 5.82 Å². The fourth-order valence-corrected chi connectivity index (χ4v) is 3.93. The second-order valence-electron chi connectivity index (χ2n) is 7.14. The second kappa shape index (κ2) is 8.10. The smallest absolute Gasteiger partial charge is 0.226 e. The number of aromatic nitrogens is 2. The molecular formula is C23H25N3O4. The van der Waals surface area contributed by atoms with Crippen molar-refractivity contribution in [2.24, 2.45) is 0 Å². The van der Waals surface area contributed by atoms with E-state index in [1.165, 1.54) is 5.56 Å².